The summed E-state index contributed by atoms with van der Waals surface area (Å²) in [7, 11) is 0. The molecule has 5 rings (SSSR count). The number of hydrogen-bond acceptors (Lipinski definition) is 5. The summed E-state index contributed by atoms with van der Waals surface area (Å²) in [5.74, 6) is 1.11. The van der Waals surface area contributed by atoms with E-state index in [9.17, 15) is 4.79 Å². The number of benzene rings is 1. The molecule has 1 aromatic carbocycles. The Morgan fingerprint density at radius 3 is 2.52 bits per heavy atom. The zero-order chi connectivity index (χ0) is 21.2. The average Bonchev–Trinajstić information content (AvgIpc) is 3.34. The highest BCUT2D eigenvalue weighted by Crippen LogP contribution is 2.31. The highest BCUT2D eigenvalue weighted by atomic mass is 16.1. The SMILES string of the molecule is CCc1cc2cnc(Nc3ccc(-c4ccccc4)cn3)nc2n(C2CCCC2)c1=O. The van der Waals surface area contributed by atoms with E-state index in [1.54, 1.807) is 6.20 Å². The number of fused-ring (bicyclic) bond motifs is 1. The van der Waals surface area contributed by atoms with Crippen molar-refractivity contribution in [2.75, 3.05) is 5.32 Å². The summed E-state index contributed by atoms with van der Waals surface area (Å²) in [5, 5.41) is 4.10. The number of hydrogen-bond donors (Lipinski definition) is 1. The molecule has 3 aromatic heterocycles. The predicted molar refractivity (Wildman–Crippen MR) is 124 cm³/mol. The second-order valence-corrected chi connectivity index (χ2v) is 8.03. The molecule has 31 heavy (non-hydrogen) atoms. The maximum Gasteiger partial charge on any atom is 0.255 e. The third-order valence-corrected chi connectivity index (χ3v) is 6.03. The van der Waals surface area contributed by atoms with Gasteiger partial charge < -0.3 is 5.32 Å². The molecule has 1 aliphatic rings. The molecular formula is C25H25N5O. The van der Waals surface area contributed by atoms with Crippen molar-refractivity contribution in [2.45, 2.75) is 45.1 Å². The van der Waals surface area contributed by atoms with Gasteiger partial charge in [0.15, 0.2) is 0 Å². The van der Waals surface area contributed by atoms with Gasteiger partial charge in [-0.3, -0.25) is 9.36 Å². The van der Waals surface area contributed by atoms with Crippen LogP contribution in [0.15, 0.2) is 65.7 Å². The summed E-state index contributed by atoms with van der Waals surface area (Å²) >= 11 is 0. The smallest absolute Gasteiger partial charge is 0.255 e. The normalized spacial score (nSPS) is 14.2. The van der Waals surface area contributed by atoms with Crippen molar-refractivity contribution in [3.8, 4) is 11.1 Å². The van der Waals surface area contributed by atoms with E-state index in [1.165, 1.54) is 0 Å². The Balaban J connectivity index is 1.49. The van der Waals surface area contributed by atoms with Crippen LogP contribution in [0.4, 0.5) is 11.8 Å². The van der Waals surface area contributed by atoms with Gasteiger partial charge in [-0.1, -0.05) is 50.1 Å². The Bertz CT molecular complexity index is 1260. The number of pyridine rings is 2. The number of aryl methyl sites for hydroxylation is 1. The van der Waals surface area contributed by atoms with Gasteiger partial charge in [-0.25, -0.2) is 9.97 Å². The van der Waals surface area contributed by atoms with Crippen molar-refractivity contribution in [1.29, 1.82) is 0 Å². The largest absolute Gasteiger partial charge is 0.309 e. The van der Waals surface area contributed by atoms with Gasteiger partial charge in [0.2, 0.25) is 5.95 Å². The minimum atomic E-state index is 0.0805. The van der Waals surface area contributed by atoms with Gasteiger partial charge in [0.25, 0.3) is 5.56 Å². The van der Waals surface area contributed by atoms with Crippen LogP contribution in [0.5, 0.6) is 0 Å². The van der Waals surface area contributed by atoms with Gasteiger partial charge in [-0.15, -0.1) is 0 Å². The summed E-state index contributed by atoms with van der Waals surface area (Å²) in [4.78, 5) is 26.8. The number of nitrogens with one attached hydrogen (secondary N) is 1. The van der Waals surface area contributed by atoms with Gasteiger partial charge in [0.05, 0.1) is 0 Å². The Morgan fingerprint density at radius 2 is 1.81 bits per heavy atom. The molecule has 1 N–H and O–H groups in total. The van der Waals surface area contributed by atoms with Crippen LogP contribution in [-0.2, 0) is 6.42 Å². The fourth-order valence-electron chi connectivity index (χ4n) is 4.38. The first-order valence-electron chi connectivity index (χ1n) is 10.9. The van der Waals surface area contributed by atoms with Crippen LogP contribution in [0.3, 0.4) is 0 Å². The van der Waals surface area contributed by atoms with E-state index in [0.717, 1.165) is 47.8 Å². The van der Waals surface area contributed by atoms with E-state index >= 15 is 0 Å². The van der Waals surface area contributed by atoms with Crippen LogP contribution >= 0.6 is 0 Å². The lowest BCUT2D eigenvalue weighted by atomic mass is 10.1. The van der Waals surface area contributed by atoms with Gasteiger partial charge in [-0.2, -0.15) is 4.98 Å². The lowest BCUT2D eigenvalue weighted by molar-refractivity contribution is 0.513. The average molecular weight is 412 g/mol. The quantitative estimate of drug-likeness (QED) is 0.484. The van der Waals surface area contributed by atoms with E-state index in [-0.39, 0.29) is 11.6 Å². The Morgan fingerprint density at radius 1 is 1.00 bits per heavy atom. The molecule has 0 unspecified atom stereocenters. The van der Waals surface area contributed by atoms with Gasteiger partial charge in [0, 0.05) is 34.9 Å². The zero-order valence-corrected chi connectivity index (χ0v) is 17.6. The molecule has 1 saturated carbocycles. The maximum absolute atomic E-state index is 13.1. The fourth-order valence-corrected chi connectivity index (χ4v) is 4.38. The molecule has 6 nitrogen and oxygen atoms in total. The van der Waals surface area contributed by atoms with Crippen molar-refractivity contribution in [1.82, 2.24) is 19.5 Å². The predicted octanol–water partition coefficient (Wildman–Crippen LogP) is 5.27. The molecule has 0 saturated heterocycles. The molecule has 4 aromatic rings. The summed E-state index contributed by atoms with van der Waals surface area (Å²) in [6.45, 7) is 2.02. The second-order valence-electron chi connectivity index (χ2n) is 8.03. The number of nitrogens with zero attached hydrogens (tertiary/aromatic N) is 4. The zero-order valence-electron chi connectivity index (χ0n) is 17.6. The molecule has 3 heterocycles. The fraction of sp³-hybridized carbons (Fsp3) is 0.280. The topological polar surface area (TPSA) is 72.7 Å². The molecule has 0 radical (unpaired) electrons. The second kappa shape index (κ2) is 8.30. The molecule has 156 valence electrons. The first-order chi connectivity index (χ1) is 15.2. The van der Waals surface area contributed by atoms with Crippen molar-refractivity contribution in [3.63, 3.8) is 0 Å². The van der Waals surface area contributed by atoms with E-state index in [1.807, 2.05) is 54.1 Å². The molecule has 0 bridgehead atoms. The van der Waals surface area contributed by atoms with Crippen LogP contribution in [0.25, 0.3) is 22.2 Å². The minimum absolute atomic E-state index is 0.0805. The molecule has 1 aliphatic carbocycles. The molecule has 6 heteroatoms. The molecule has 0 atom stereocenters. The van der Waals surface area contributed by atoms with E-state index in [0.29, 0.717) is 23.8 Å². The van der Waals surface area contributed by atoms with Crippen molar-refractivity contribution >= 4 is 22.8 Å². The first kappa shape index (κ1) is 19.4. The van der Waals surface area contributed by atoms with Crippen LogP contribution in [-0.4, -0.2) is 19.5 Å². The summed E-state index contributed by atoms with van der Waals surface area (Å²) in [6, 6.07) is 16.2. The molecule has 0 amide bonds. The van der Waals surface area contributed by atoms with Crippen molar-refractivity contribution < 1.29 is 0 Å². The Hall–Kier alpha value is -3.54. The lowest BCUT2D eigenvalue weighted by Crippen LogP contribution is -2.27. The molecule has 0 spiro atoms. The van der Waals surface area contributed by atoms with E-state index < -0.39 is 0 Å². The van der Waals surface area contributed by atoms with Crippen LogP contribution in [0.1, 0.15) is 44.2 Å². The van der Waals surface area contributed by atoms with Crippen LogP contribution in [0.2, 0.25) is 0 Å². The van der Waals surface area contributed by atoms with E-state index in [4.69, 9.17) is 4.98 Å². The third kappa shape index (κ3) is 3.81. The third-order valence-electron chi connectivity index (χ3n) is 6.03. The molecule has 1 fully saturated rings. The minimum Gasteiger partial charge on any atom is -0.309 e. The number of anilines is 2. The van der Waals surface area contributed by atoms with Crippen LogP contribution < -0.4 is 10.9 Å². The van der Waals surface area contributed by atoms with Gasteiger partial charge in [0.1, 0.15) is 11.5 Å². The van der Waals surface area contributed by atoms with Crippen molar-refractivity contribution in [2.24, 2.45) is 0 Å². The lowest BCUT2D eigenvalue weighted by Gasteiger charge is -2.18. The Kier molecular flexibility index (Phi) is 5.20. The standard InChI is InChI=1S/C25H25N5O/c1-2-17-14-20-16-27-25(29-23(20)30(24(17)31)21-10-6-7-11-21)28-22-13-12-19(15-26-22)18-8-4-3-5-9-18/h3-5,8-9,12-16,21H,2,6-7,10-11H2,1H3,(H,26,27,28,29). The summed E-state index contributed by atoms with van der Waals surface area (Å²) < 4.78 is 1.90. The summed E-state index contributed by atoms with van der Waals surface area (Å²) in [6.07, 6.45) is 8.70. The van der Waals surface area contributed by atoms with Crippen molar-refractivity contribution in [3.05, 3.63) is 76.8 Å². The first-order valence-corrected chi connectivity index (χ1v) is 10.9. The van der Waals surface area contributed by atoms with Crippen LogP contribution in [0, 0.1) is 0 Å². The Labute approximate surface area is 181 Å². The molecular weight excluding hydrogens is 386 g/mol. The highest BCUT2D eigenvalue weighted by molar-refractivity contribution is 5.76. The van der Waals surface area contributed by atoms with Gasteiger partial charge in [-0.05, 0) is 43.0 Å². The molecule has 0 aliphatic heterocycles. The monoisotopic (exact) mass is 411 g/mol. The number of aromatic nitrogens is 4. The van der Waals surface area contributed by atoms with E-state index in [2.05, 4.69) is 27.4 Å². The maximum atomic E-state index is 13.1. The highest BCUT2D eigenvalue weighted by Gasteiger charge is 2.22. The summed E-state index contributed by atoms with van der Waals surface area (Å²) in [5.41, 5.74) is 3.77. The van der Waals surface area contributed by atoms with Gasteiger partial charge >= 0.3 is 0 Å². The number of rotatable bonds is 5.